The van der Waals surface area contributed by atoms with E-state index in [1.54, 1.807) is 0 Å². The van der Waals surface area contributed by atoms with Crippen LogP contribution in [0.4, 0.5) is 11.4 Å². The Labute approximate surface area is 116 Å². The minimum Gasteiger partial charge on any atom is -0.378 e. The summed E-state index contributed by atoms with van der Waals surface area (Å²) in [6.45, 7) is 1.53. The number of amides is 1. The van der Waals surface area contributed by atoms with Crippen molar-refractivity contribution >= 4 is 27.1 Å². The number of benzene rings is 1. The minimum atomic E-state index is -3.17. The zero-order valence-corrected chi connectivity index (χ0v) is 11.6. The quantitative estimate of drug-likeness (QED) is 0.558. The summed E-state index contributed by atoms with van der Waals surface area (Å²) in [5.41, 5.74) is 5.02. The smallest absolute Gasteiger partial charge is 0.292 e. The van der Waals surface area contributed by atoms with Gasteiger partial charge in [0.05, 0.1) is 10.7 Å². The van der Waals surface area contributed by atoms with Gasteiger partial charge in [0.15, 0.2) is 9.84 Å². The van der Waals surface area contributed by atoms with E-state index in [0.29, 0.717) is 0 Å². The van der Waals surface area contributed by atoms with Crippen LogP contribution in [0.25, 0.3) is 0 Å². The molecular formula is C11H15N3O5S. The van der Waals surface area contributed by atoms with Gasteiger partial charge in [-0.2, -0.15) is 0 Å². The highest BCUT2D eigenvalue weighted by molar-refractivity contribution is 7.91. The molecule has 0 spiro atoms. The fourth-order valence-electron chi connectivity index (χ4n) is 1.48. The molecule has 0 aliphatic heterocycles. The van der Waals surface area contributed by atoms with Gasteiger partial charge < -0.3 is 11.1 Å². The molecule has 1 aromatic carbocycles. The van der Waals surface area contributed by atoms with Crippen molar-refractivity contribution in [1.82, 2.24) is 0 Å². The SMILES string of the molecule is CCS(=O)(=O)CCNc1cc(C(N)=O)ccc1[N+](=O)[O-]. The van der Waals surface area contributed by atoms with Crippen molar-refractivity contribution in [2.75, 3.05) is 23.4 Å². The van der Waals surface area contributed by atoms with Crippen molar-refractivity contribution in [3.63, 3.8) is 0 Å². The molecule has 3 N–H and O–H groups in total. The highest BCUT2D eigenvalue weighted by Crippen LogP contribution is 2.25. The molecule has 0 fully saturated rings. The number of anilines is 1. The van der Waals surface area contributed by atoms with E-state index in [1.165, 1.54) is 19.1 Å². The Bertz CT molecular complexity index is 627. The number of nitrogens with two attached hydrogens (primary N) is 1. The fraction of sp³-hybridized carbons (Fsp3) is 0.364. The Morgan fingerprint density at radius 2 is 2.10 bits per heavy atom. The van der Waals surface area contributed by atoms with E-state index < -0.39 is 20.7 Å². The van der Waals surface area contributed by atoms with Crippen LogP contribution in [-0.2, 0) is 9.84 Å². The molecule has 0 heterocycles. The maximum Gasteiger partial charge on any atom is 0.292 e. The second-order valence-corrected chi connectivity index (χ2v) is 6.49. The van der Waals surface area contributed by atoms with E-state index in [9.17, 15) is 23.3 Å². The van der Waals surface area contributed by atoms with Crippen molar-refractivity contribution in [3.8, 4) is 0 Å². The van der Waals surface area contributed by atoms with Crippen LogP contribution in [0.1, 0.15) is 17.3 Å². The first-order valence-electron chi connectivity index (χ1n) is 5.79. The number of rotatable bonds is 7. The highest BCUT2D eigenvalue weighted by Gasteiger charge is 2.16. The molecule has 0 bridgehead atoms. The van der Waals surface area contributed by atoms with E-state index in [0.717, 1.165) is 6.07 Å². The third kappa shape index (κ3) is 4.19. The van der Waals surface area contributed by atoms with Gasteiger partial charge in [-0.1, -0.05) is 6.92 Å². The first-order chi connectivity index (χ1) is 9.26. The second kappa shape index (κ2) is 6.33. The summed E-state index contributed by atoms with van der Waals surface area (Å²) in [5, 5.41) is 13.5. The predicted molar refractivity (Wildman–Crippen MR) is 74.4 cm³/mol. The molecule has 9 heteroatoms. The molecule has 0 atom stereocenters. The number of primary amides is 1. The number of hydrogen-bond donors (Lipinski definition) is 2. The molecule has 8 nitrogen and oxygen atoms in total. The van der Waals surface area contributed by atoms with Crippen LogP contribution in [0.15, 0.2) is 18.2 Å². The number of nitrogens with zero attached hydrogens (tertiary/aromatic N) is 1. The summed E-state index contributed by atoms with van der Waals surface area (Å²) in [6, 6.07) is 3.63. The fourth-order valence-corrected chi connectivity index (χ4v) is 2.18. The molecular weight excluding hydrogens is 286 g/mol. The highest BCUT2D eigenvalue weighted by atomic mass is 32.2. The maximum absolute atomic E-state index is 11.3. The molecule has 0 saturated carbocycles. The third-order valence-corrected chi connectivity index (χ3v) is 4.35. The Kier molecular flexibility index (Phi) is 5.03. The molecule has 1 rings (SSSR count). The average Bonchev–Trinajstić information content (AvgIpc) is 2.38. The Balaban J connectivity index is 2.94. The molecule has 20 heavy (non-hydrogen) atoms. The van der Waals surface area contributed by atoms with Crippen LogP contribution in [0.2, 0.25) is 0 Å². The molecule has 0 saturated heterocycles. The van der Waals surface area contributed by atoms with Gasteiger partial charge in [0.1, 0.15) is 5.69 Å². The normalized spacial score (nSPS) is 11.1. The van der Waals surface area contributed by atoms with Gasteiger partial charge in [-0.25, -0.2) is 8.42 Å². The van der Waals surface area contributed by atoms with Crippen molar-refractivity contribution in [1.29, 1.82) is 0 Å². The number of nitrogens with one attached hydrogen (secondary N) is 1. The van der Waals surface area contributed by atoms with E-state index in [4.69, 9.17) is 5.73 Å². The molecule has 0 radical (unpaired) electrons. The molecule has 0 aromatic heterocycles. The van der Waals surface area contributed by atoms with Crippen molar-refractivity contribution in [2.45, 2.75) is 6.92 Å². The van der Waals surface area contributed by atoms with Crippen LogP contribution in [0.3, 0.4) is 0 Å². The predicted octanol–water partition coefficient (Wildman–Crippen LogP) is 0.540. The van der Waals surface area contributed by atoms with Gasteiger partial charge >= 0.3 is 0 Å². The van der Waals surface area contributed by atoms with Crippen molar-refractivity contribution < 1.29 is 18.1 Å². The van der Waals surface area contributed by atoms with Gasteiger partial charge in [-0.3, -0.25) is 14.9 Å². The van der Waals surface area contributed by atoms with E-state index in [1.807, 2.05) is 0 Å². The monoisotopic (exact) mass is 301 g/mol. The summed E-state index contributed by atoms with van der Waals surface area (Å²) in [4.78, 5) is 21.3. The Morgan fingerprint density at radius 1 is 1.45 bits per heavy atom. The lowest BCUT2D eigenvalue weighted by molar-refractivity contribution is -0.384. The standard InChI is InChI=1S/C11H15N3O5S/c1-2-20(18,19)6-5-13-9-7-8(11(12)15)3-4-10(9)14(16)17/h3-4,7,13H,2,5-6H2,1H3,(H2,12,15). The van der Waals surface area contributed by atoms with Gasteiger partial charge in [-0.05, 0) is 12.1 Å². The van der Waals surface area contributed by atoms with Crippen LogP contribution >= 0.6 is 0 Å². The van der Waals surface area contributed by atoms with Gasteiger partial charge in [-0.15, -0.1) is 0 Å². The molecule has 0 unspecified atom stereocenters. The first kappa shape index (κ1) is 15.9. The lowest BCUT2D eigenvalue weighted by atomic mass is 10.1. The van der Waals surface area contributed by atoms with Gasteiger partial charge in [0.25, 0.3) is 5.69 Å². The van der Waals surface area contributed by atoms with E-state index in [-0.39, 0.29) is 35.0 Å². The molecule has 110 valence electrons. The molecule has 0 aliphatic carbocycles. The van der Waals surface area contributed by atoms with Crippen LogP contribution in [0.5, 0.6) is 0 Å². The maximum atomic E-state index is 11.3. The molecule has 1 aromatic rings. The minimum absolute atomic E-state index is 0.00189. The van der Waals surface area contributed by atoms with Crippen LogP contribution < -0.4 is 11.1 Å². The number of nitro benzene ring substituents is 1. The number of sulfone groups is 1. The summed E-state index contributed by atoms with van der Waals surface area (Å²) in [7, 11) is -3.17. The summed E-state index contributed by atoms with van der Waals surface area (Å²) >= 11 is 0. The van der Waals surface area contributed by atoms with Crippen LogP contribution in [0, 0.1) is 10.1 Å². The third-order valence-electron chi connectivity index (χ3n) is 2.65. The van der Waals surface area contributed by atoms with E-state index >= 15 is 0 Å². The topological polar surface area (TPSA) is 132 Å². The lowest BCUT2D eigenvalue weighted by Gasteiger charge is -2.08. The summed E-state index contributed by atoms with van der Waals surface area (Å²) in [6.07, 6.45) is 0. The molecule has 0 aliphatic rings. The van der Waals surface area contributed by atoms with E-state index in [2.05, 4.69) is 5.32 Å². The summed E-state index contributed by atoms with van der Waals surface area (Å²) in [5.74, 6) is -0.872. The first-order valence-corrected chi connectivity index (χ1v) is 7.61. The Hall–Kier alpha value is -2.16. The van der Waals surface area contributed by atoms with Gasteiger partial charge in [0.2, 0.25) is 5.91 Å². The number of carbonyl (C=O) groups excluding carboxylic acids is 1. The molecule has 1 amide bonds. The van der Waals surface area contributed by atoms with Crippen molar-refractivity contribution in [3.05, 3.63) is 33.9 Å². The zero-order valence-electron chi connectivity index (χ0n) is 10.8. The number of nitro groups is 1. The second-order valence-electron chi connectivity index (χ2n) is 4.02. The summed E-state index contributed by atoms with van der Waals surface area (Å²) < 4.78 is 22.7. The largest absolute Gasteiger partial charge is 0.378 e. The average molecular weight is 301 g/mol. The van der Waals surface area contributed by atoms with Crippen molar-refractivity contribution in [2.24, 2.45) is 5.73 Å². The number of carbonyl (C=O) groups is 1. The Morgan fingerprint density at radius 3 is 2.60 bits per heavy atom. The lowest BCUT2D eigenvalue weighted by Crippen LogP contribution is -2.18. The number of hydrogen-bond acceptors (Lipinski definition) is 6. The van der Waals surface area contributed by atoms with Gasteiger partial charge in [0, 0.05) is 23.9 Å². The zero-order chi connectivity index (χ0) is 15.3. The van der Waals surface area contributed by atoms with Crippen LogP contribution in [-0.4, -0.2) is 37.3 Å².